The minimum absolute atomic E-state index is 0.437. The lowest BCUT2D eigenvalue weighted by Gasteiger charge is -2.14. The predicted molar refractivity (Wildman–Crippen MR) is 95.1 cm³/mol. The van der Waals surface area contributed by atoms with Crippen LogP contribution < -0.4 is 10.1 Å². The first-order valence-electron chi connectivity index (χ1n) is 6.91. The molecular formula is C17H19Br2NO. The summed E-state index contributed by atoms with van der Waals surface area (Å²) in [6.07, 6.45) is 0. The Labute approximate surface area is 143 Å². The van der Waals surface area contributed by atoms with Crippen molar-refractivity contribution in [3.05, 3.63) is 56.5 Å². The van der Waals surface area contributed by atoms with Gasteiger partial charge in [-0.1, -0.05) is 45.7 Å². The van der Waals surface area contributed by atoms with Gasteiger partial charge in [0.15, 0.2) is 0 Å². The first-order chi connectivity index (χ1) is 9.95. The minimum Gasteiger partial charge on any atom is -0.457 e. The third kappa shape index (κ3) is 4.83. The lowest BCUT2D eigenvalue weighted by molar-refractivity contribution is 0.469. The van der Waals surface area contributed by atoms with Gasteiger partial charge < -0.3 is 10.1 Å². The molecule has 0 atom stereocenters. The van der Waals surface area contributed by atoms with E-state index in [1.807, 2.05) is 30.3 Å². The molecule has 4 heteroatoms. The summed E-state index contributed by atoms with van der Waals surface area (Å²) in [5, 5.41) is 3.43. The van der Waals surface area contributed by atoms with Crippen molar-refractivity contribution in [3.8, 4) is 11.5 Å². The van der Waals surface area contributed by atoms with Crippen LogP contribution >= 0.6 is 31.9 Å². The SMILES string of the molecule is Cc1cc(Oc2ccc(Br)cc2CNC(C)C)ccc1Br. The zero-order valence-corrected chi connectivity index (χ0v) is 15.6. The fourth-order valence-electron chi connectivity index (χ4n) is 1.91. The average Bonchev–Trinajstić information content (AvgIpc) is 2.43. The molecule has 0 heterocycles. The minimum atomic E-state index is 0.437. The Morgan fingerprint density at radius 3 is 2.52 bits per heavy atom. The molecule has 0 unspecified atom stereocenters. The van der Waals surface area contributed by atoms with Crippen LogP contribution in [0.5, 0.6) is 11.5 Å². The maximum absolute atomic E-state index is 6.05. The van der Waals surface area contributed by atoms with Gasteiger partial charge in [0.1, 0.15) is 11.5 Å². The van der Waals surface area contributed by atoms with Crippen molar-refractivity contribution in [1.29, 1.82) is 0 Å². The van der Waals surface area contributed by atoms with Gasteiger partial charge in [0.2, 0.25) is 0 Å². The maximum atomic E-state index is 6.05. The number of benzene rings is 2. The van der Waals surface area contributed by atoms with Gasteiger partial charge >= 0.3 is 0 Å². The zero-order chi connectivity index (χ0) is 15.4. The number of nitrogens with one attached hydrogen (secondary N) is 1. The van der Waals surface area contributed by atoms with Gasteiger partial charge in [0.25, 0.3) is 0 Å². The van der Waals surface area contributed by atoms with E-state index in [1.165, 1.54) is 0 Å². The highest BCUT2D eigenvalue weighted by atomic mass is 79.9. The van der Waals surface area contributed by atoms with Crippen molar-refractivity contribution in [2.75, 3.05) is 0 Å². The molecule has 0 saturated carbocycles. The van der Waals surface area contributed by atoms with Gasteiger partial charge in [-0.3, -0.25) is 0 Å². The van der Waals surface area contributed by atoms with Crippen LogP contribution in [0, 0.1) is 6.92 Å². The van der Waals surface area contributed by atoms with E-state index in [4.69, 9.17) is 4.74 Å². The van der Waals surface area contributed by atoms with E-state index in [9.17, 15) is 0 Å². The summed E-state index contributed by atoms with van der Waals surface area (Å²) in [6.45, 7) is 7.11. The van der Waals surface area contributed by atoms with Crippen molar-refractivity contribution in [2.45, 2.75) is 33.4 Å². The molecule has 2 aromatic carbocycles. The Kier molecular flexibility index (Phi) is 5.85. The summed E-state index contributed by atoms with van der Waals surface area (Å²) in [4.78, 5) is 0. The van der Waals surface area contributed by atoms with E-state index in [1.54, 1.807) is 0 Å². The molecule has 2 nitrogen and oxygen atoms in total. The van der Waals surface area contributed by atoms with E-state index in [0.29, 0.717) is 6.04 Å². The third-order valence-corrected chi connectivity index (χ3v) is 4.46. The molecule has 0 aliphatic heterocycles. The fourth-order valence-corrected chi connectivity index (χ4v) is 2.56. The van der Waals surface area contributed by atoms with Crippen molar-refractivity contribution in [2.24, 2.45) is 0 Å². The van der Waals surface area contributed by atoms with Gasteiger partial charge in [-0.05, 0) is 48.9 Å². The lowest BCUT2D eigenvalue weighted by Crippen LogP contribution is -2.22. The second-order valence-corrected chi connectivity index (χ2v) is 7.07. The summed E-state index contributed by atoms with van der Waals surface area (Å²) < 4.78 is 8.20. The number of aryl methyl sites for hydroxylation is 1. The van der Waals surface area contributed by atoms with Crippen molar-refractivity contribution >= 4 is 31.9 Å². The van der Waals surface area contributed by atoms with Crippen LogP contribution in [-0.2, 0) is 6.54 Å². The van der Waals surface area contributed by atoms with Crippen LogP contribution in [0.4, 0.5) is 0 Å². The highest BCUT2D eigenvalue weighted by Gasteiger charge is 2.07. The number of rotatable bonds is 5. The Morgan fingerprint density at radius 1 is 1.10 bits per heavy atom. The molecular weight excluding hydrogens is 394 g/mol. The number of halogens is 2. The standard InChI is InChI=1S/C17H19Br2NO/c1-11(2)20-10-13-9-14(18)4-7-17(13)21-15-5-6-16(19)12(3)8-15/h4-9,11,20H,10H2,1-3H3. The highest BCUT2D eigenvalue weighted by Crippen LogP contribution is 2.30. The van der Waals surface area contributed by atoms with Crippen LogP contribution in [0.2, 0.25) is 0 Å². The Hall–Kier alpha value is -0.840. The summed E-state index contributed by atoms with van der Waals surface area (Å²) in [6, 6.07) is 12.5. The largest absolute Gasteiger partial charge is 0.457 e. The Bertz CT molecular complexity index is 626. The molecule has 21 heavy (non-hydrogen) atoms. The molecule has 0 bridgehead atoms. The molecule has 0 spiro atoms. The third-order valence-electron chi connectivity index (χ3n) is 3.08. The van der Waals surface area contributed by atoms with Crippen LogP contribution in [0.15, 0.2) is 45.3 Å². The van der Waals surface area contributed by atoms with Gasteiger partial charge in [-0.25, -0.2) is 0 Å². The van der Waals surface area contributed by atoms with Crippen LogP contribution in [-0.4, -0.2) is 6.04 Å². The normalized spacial score (nSPS) is 11.0. The van der Waals surface area contributed by atoms with Crippen LogP contribution in [0.3, 0.4) is 0 Å². The molecule has 0 amide bonds. The first-order valence-corrected chi connectivity index (χ1v) is 8.50. The van der Waals surface area contributed by atoms with E-state index in [0.717, 1.165) is 38.1 Å². The Morgan fingerprint density at radius 2 is 1.86 bits per heavy atom. The second-order valence-electron chi connectivity index (χ2n) is 5.30. The molecule has 0 aromatic heterocycles. The number of hydrogen-bond donors (Lipinski definition) is 1. The molecule has 2 rings (SSSR count). The average molecular weight is 413 g/mol. The van der Waals surface area contributed by atoms with E-state index >= 15 is 0 Å². The van der Waals surface area contributed by atoms with Gasteiger partial charge in [0, 0.05) is 27.1 Å². The van der Waals surface area contributed by atoms with Gasteiger partial charge in [-0.2, -0.15) is 0 Å². The summed E-state index contributed by atoms with van der Waals surface area (Å²) in [7, 11) is 0. The van der Waals surface area contributed by atoms with Crippen molar-refractivity contribution < 1.29 is 4.74 Å². The molecule has 112 valence electrons. The van der Waals surface area contributed by atoms with E-state index in [2.05, 4.69) is 64.0 Å². The number of ether oxygens (including phenoxy) is 1. The molecule has 1 N–H and O–H groups in total. The molecule has 0 saturated heterocycles. The summed E-state index contributed by atoms with van der Waals surface area (Å²) >= 11 is 7.03. The molecule has 0 aliphatic carbocycles. The lowest BCUT2D eigenvalue weighted by atomic mass is 10.2. The zero-order valence-electron chi connectivity index (χ0n) is 12.4. The van der Waals surface area contributed by atoms with Gasteiger partial charge in [-0.15, -0.1) is 0 Å². The predicted octanol–water partition coefficient (Wildman–Crippen LogP) is 5.81. The van der Waals surface area contributed by atoms with Crippen molar-refractivity contribution in [3.63, 3.8) is 0 Å². The fraction of sp³-hybridized carbons (Fsp3) is 0.294. The van der Waals surface area contributed by atoms with Gasteiger partial charge in [0.05, 0.1) is 0 Å². The number of hydrogen-bond acceptors (Lipinski definition) is 2. The monoisotopic (exact) mass is 411 g/mol. The van der Waals surface area contributed by atoms with E-state index < -0.39 is 0 Å². The molecule has 2 aromatic rings. The smallest absolute Gasteiger partial charge is 0.131 e. The maximum Gasteiger partial charge on any atom is 0.131 e. The molecule has 0 aliphatic rings. The quantitative estimate of drug-likeness (QED) is 0.668. The summed E-state index contributed by atoms with van der Waals surface area (Å²) in [5.41, 5.74) is 2.30. The Balaban J connectivity index is 2.23. The molecule has 0 fully saturated rings. The topological polar surface area (TPSA) is 21.3 Å². The van der Waals surface area contributed by atoms with E-state index in [-0.39, 0.29) is 0 Å². The van der Waals surface area contributed by atoms with Crippen LogP contribution in [0.1, 0.15) is 25.0 Å². The molecule has 0 radical (unpaired) electrons. The van der Waals surface area contributed by atoms with Crippen molar-refractivity contribution in [1.82, 2.24) is 5.32 Å². The van der Waals surface area contributed by atoms with Crippen LogP contribution in [0.25, 0.3) is 0 Å². The summed E-state index contributed by atoms with van der Waals surface area (Å²) in [5.74, 6) is 1.73. The highest BCUT2D eigenvalue weighted by molar-refractivity contribution is 9.10. The first kappa shape index (κ1) is 16.5. The second kappa shape index (κ2) is 7.43.